The first kappa shape index (κ1) is 24.3. The van der Waals surface area contributed by atoms with Gasteiger partial charge in [-0.25, -0.2) is 0 Å². The van der Waals surface area contributed by atoms with E-state index in [1.807, 2.05) is 24.3 Å². The molecule has 4 aromatic rings. The van der Waals surface area contributed by atoms with Crippen LogP contribution in [0.4, 0.5) is 0 Å². The molecule has 0 saturated heterocycles. The second-order valence-corrected chi connectivity index (χ2v) is 8.47. The summed E-state index contributed by atoms with van der Waals surface area (Å²) in [6.45, 7) is 2.53. The summed E-state index contributed by atoms with van der Waals surface area (Å²) in [6.07, 6.45) is 5.45. The van der Waals surface area contributed by atoms with E-state index in [-0.39, 0.29) is 11.4 Å². The van der Waals surface area contributed by atoms with E-state index in [2.05, 4.69) is 17.0 Å². The Bertz CT molecular complexity index is 1360. The number of aromatic nitrogens is 4. The number of halogens is 1. The van der Waals surface area contributed by atoms with Crippen LogP contribution in [0.1, 0.15) is 31.2 Å². The van der Waals surface area contributed by atoms with Crippen LogP contribution in [0.5, 0.6) is 17.4 Å². The molecule has 0 spiro atoms. The van der Waals surface area contributed by atoms with Crippen molar-refractivity contribution in [3.05, 3.63) is 81.6 Å². The fraction of sp³-hybridized carbons (Fsp3) is 0.269. The average Bonchev–Trinajstić information content (AvgIpc) is 3.31. The minimum absolute atomic E-state index is 0.0561. The lowest BCUT2D eigenvalue weighted by Gasteiger charge is -2.19. The van der Waals surface area contributed by atoms with Crippen LogP contribution in [0, 0.1) is 0 Å². The minimum atomic E-state index is -0.433. The van der Waals surface area contributed by atoms with Crippen LogP contribution < -0.4 is 15.0 Å². The molecule has 2 aromatic carbocycles. The predicted molar refractivity (Wildman–Crippen MR) is 135 cm³/mol. The van der Waals surface area contributed by atoms with Gasteiger partial charge in [0.2, 0.25) is 5.88 Å². The maximum Gasteiger partial charge on any atom is 0.270 e. The van der Waals surface area contributed by atoms with Crippen LogP contribution >= 0.6 is 11.6 Å². The Kier molecular flexibility index (Phi) is 7.41. The Labute approximate surface area is 208 Å². The Hall–Kier alpha value is -3.78. The topological polar surface area (TPSA) is 91.4 Å². The minimum Gasteiger partial charge on any atom is -0.494 e. The van der Waals surface area contributed by atoms with Crippen molar-refractivity contribution in [1.82, 2.24) is 19.3 Å². The van der Waals surface area contributed by atoms with E-state index in [0.29, 0.717) is 46.6 Å². The Morgan fingerprint density at radius 2 is 1.74 bits per heavy atom. The van der Waals surface area contributed by atoms with Gasteiger partial charge >= 0.3 is 0 Å². The molecule has 0 fully saturated rings. The van der Waals surface area contributed by atoms with Crippen molar-refractivity contribution < 1.29 is 14.6 Å². The lowest BCUT2D eigenvalue weighted by atomic mass is 10.1. The van der Waals surface area contributed by atoms with Gasteiger partial charge in [-0.05, 0) is 36.2 Å². The first-order valence-electron chi connectivity index (χ1n) is 11.3. The highest BCUT2D eigenvalue weighted by molar-refractivity contribution is 6.30. The second-order valence-electron chi connectivity index (χ2n) is 8.03. The lowest BCUT2D eigenvalue weighted by Crippen LogP contribution is -2.26. The summed E-state index contributed by atoms with van der Waals surface area (Å²) in [5.74, 6) is 1.01. The summed E-state index contributed by atoms with van der Waals surface area (Å²) in [5, 5.41) is 15.9. The van der Waals surface area contributed by atoms with Gasteiger partial charge in [-0.3, -0.25) is 14.0 Å². The van der Waals surface area contributed by atoms with E-state index < -0.39 is 5.56 Å². The quantitative estimate of drug-likeness (QED) is 0.357. The van der Waals surface area contributed by atoms with Crippen LogP contribution in [0.2, 0.25) is 5.02 Å². The molecule has 0 aliphatic carbocycles. The van der Waals surface area contributed by atoms with Crippen molar-refractivity contribution in [1.29, 1.82) is 0 Å². The number of aryl methyl sites for hydroxylation is 1. The number of para-hydroxylation sites is 1. The third-order valence-electron chi connectivity index (χ3n) is 5.69. The van der Waals surface area contributed by atoms with Gasteiger partial charge in [-0.2, -0.15) is 10.1 Å². The number of ether oxygens (including phenoxy) is 2. The van der Waals surface area contributed by atoms with Gasteiger partial charge in [0, 0.05) is 23.2 Å². The molecule has 0 saturated carbocycles. The van der Waals surface area contributed by atoms with Crippen molar-refractivity contribution in [3.8, 4) is 34.2 Å². The molecular weight excluding hydrogens is 468 g/mol. The largest absolute Gasteiger partial charge is 0.494 e. The first-order valence-corrected chi connectivity index (χ1v) is 11.7. The monoisotopic (exact) mass is 494 g/mol. The number of hydrogen-bond acceptors (Lipinski definition) is 6. The van der Waals surface area contributed by atoms with Crippen molar-refractivity contribution in [2.24, 2.45) is 0 Å². The van der Waals surface area contributed by atoms with Crippen LogP contribution in [-0.4, -0.2) is 38.7 Å². The molecule has 182 valence electrons. The molecule has 0 atom stereocenters. The zero-order valence-electron chi connectivity index (χ0n) is 19.9. The molecular formula is C26H27ClN4O4. The smallest absolute Gasteiger partial charge is 0.270 e. The number of nitrogens with zero attached hydrogens (tertiary/aromatic N) is 4. The molecule has 8 nitrogen and oxygen atoms in total. The number of unbranched alkanes of at least 4 members (excludes halogenated alkanes) is 1. The normalized spacial score (nSPS) is 11.0. The molecule has 2 heterocycles. The molecule has 9 heteroatoms. The molecule has 0 amide bonds. The molecule has 0 aliphatic heterocycles. The van der Waals surface area contributed by atoms with E-state index in [9.17, 15) is 9.90 Å². The maximum atomic E-state index is 13.9. The Morgan fingerprint density at radius 3 is 2.37 bits per heavy atom. The van der Waals surface area contributed by atoms with Gasteiger partial charge in [0.1, 0.15) is 28.6 Å². The summed E-state index contributed by atoms with van der Waals surface area (Å²) in [4.78, 5) is 18.3. The molecule has 0 bridgehead atoms. The third-order valence-corrected chi connectivity index (χ3v) is 5.94. The summed E-state index contributed by atoms with van der Waals surface area (Å²) in [6, 6.07) is 12.7. The molecule has 35 heavy (non-hydrogen) atoms. The summed E-state index contributed by atoms with van der Waals surface area (Å²) in [7, 11) is 3.06. The predicted octanol–water partition coefficient (Wildman–Crippen LogP) is 4.86. The number of hydrogen-bond donors (Lipinski definition) is 1. The van der Waals surface area contributed by atoms with E-state index in [1.165, 1.54) is 18.8 Å². The average molecular weight is 495 g/mol. The zero-order valence-corrected chi connectivity index (χ0v) is 20.6. The fourth-order valence-corrected chi connectivity index (χ4v) is 4.07. The van der Waals surface area contributed by atoms with Crippen molar-refractivity contribution in [3.63, 3.8) is 0 Å². The zero-order chi connectivity index (χ0) is 24.9. The van der Waals surface area contributed by atoms with Gasteiger partial charge in [-0.15, -0.1) is 0 Å². The van der Waals surface area contributed by atoms with Crippen LogP contribution in [0.3, 0.4) is 0 Å². The van der Waals surface area contributed by atoms with Crippen molar-refractivity contribution in [2.45, 2.75) is 32.7 Å². The van der Waals surface area contributed by atoms with Gasteiger partial charge < -0.3 is 14.6 Å². The summed E-state index contributed by atoms with van der Waals surface area (Å²) in [5.41, 5.74) is 1.52. The summed E-state index contributed by atoms with van der Waals surface area (Å²) >= 11 is 5.97. The van der Waals surface area contributed by atoms with E-state index in [4.69, 9.17) is 21.1 Å². The number of rotatable bonds is 9. The van der Waals surface area contributed by atoms with E-state index >= 15 is 0 Å². The highest BCUT2D eigenvalue weighted by Crippen LogP contribution is 2.34. The number of aromatic hydroxyl groups is 1. The molecule has 0 unspecified atom stereocenters. The van der Waals surface area contributed by atoms with Gasteiger partial charge in [0.25, 0.3) is 5.56 Å². The van der Waals surface area contributed by atoms with Crippen LogP contribution in [0.15, 0.2) is 59.7 Å². The SMILES string of the molecule is CCCCc1nc(O)c(-c2cnn(Cc3ccc(Cl)cc3)c2)c(=O)n1-c1c(OC)cccc1OC. The summed E-state index contributed by atoms with van der Waals surface area (Å²) < 4.78 is 14.3. The van der Waals surface area contributed by atoms with Crippen LogP contribution in [0.25, 0.3) is 16.8 Å². The number of methoxy groups -OCH3 is 2. The highest BCUT2D eigenvalue weighted by atomic mass is 35.5. The van der Waals surface area contributed by atoms with Crippen molar-refractivity contribution in [2.75, 3.05) is 14.2 Å². The third kappa shape index (κ3) is 5.02. The molecule has 1 N–H and O–H groups in total. The highest BCUT2D eigenvalue weighted by Gasteiger charge is 2.24. The van der Waals surface area contributed by atoms with Gasteiger partial charge in [-0.1, -0.05) is 43.1 Å². The van der Waals surface area contributed by atoms with E-state index in [1.54, 1.807) is 35.3 Å². The standard InChI is InChI=1S/C26H27ClN4O4/c1-4-5-9-22-29-25(32)23(18-14-28-30(16-18)15-17-10-12-19(27)13-11-17)26(33)31(22)24-20(34-2)7-6-8-21(24)35-3/h6-8,10-14,16,32H,4-5,9,15H2,1-3H3. The lowest BCUT2D eigenvalue weighted by molar-refractivity contribution is 0.388. The molecule has 0 aliphatic rings. The maximum absolute atomic E-state index is 13.9. The van der Waals surface area contributed by atoms with Crippen LogP contribution in [-0.2, 0) is 13.0 Å². The van der Waals surface area contributed by atoms with Gasteiger partial charge in [0.15, 0.2) is 0 Å². The first-order chi connectivity index (χ1) is 17.0. The molecule has 0 radical (unpaired) electrons. The number of benzene rings is 2. The Morgan fingerprint density at radius 1 is 1.06 bits per heavy atom. The fourth-order valence-electron chi connectivity index (χ4n) is 3.95. The second kappa shape index (κ2) is 10.7. The van der Waals surface area contributed by atoms with Crippen molar-refractivity contribution >= 4 is 11.6 Å². The molecule has 4 rings (SSSR count). The molecule has 2 aromatic heterocycles. The van der Waals surface area contributed by atoms with Gasteiger partial charge in [0.05, 0.1) is 27.0 Å². The van der Waals surface area contributed by atoms with E-state index in [0.717, 1.165) is 18.4 Å². The Balaban J connectivity index is 1.86.